The Bertz CT molecular complexity index is 1270. The second-order valence-electron chi connectivity index (χ2n) is 9.72. The van der Waals surface area contributed by atoms with Gasteiger partial charge in [0.25, 0.3) is 0 Å². The molecule has 5 rings (SSSR count). The summed E-state index contributed by atoms with van der Waals surface area (Å²) in [6.07, 6.45) is 1.81. The van der Waals surface area contributed by atoms with Gasteiger partial charge in [-0.1, -0.05) is 18.2 Å². The van der Waals surface area contributed by atoms with Crippen molar-refractivity contribution < 1.29 is 19.7 Å². The summed E-state index contributed by atoms with van der Waals surface area (Å²) in [7, 11) is 0. The fourth-order valence-electron chi connectivity index (χ4n) is 4.73. The van der Waals surface area contributed by atoms with Crippen LogP contribution in [-0.4, -0.2) is 75.5 Å². The molecule has 2 aromatic carbocycles. The molecule has 2 fully saturated rings. The number of para-hydroxylation sites is 1. The van der Waals surface area contributed by atoms with Crippen molar-refractivity contribution >= 4 is 29.5 Å². The number of rotatable bonds is 6. The van der Waals surface area contributed by atoms with Gasteiger partial charge in [0.2, 0.25) is 17.8 Å². The van der Waals surface area contributed by atoms with Crippen LogP contribution in [0, 0.1) is 0 Å². The zero-order valence-electron chi connectivity index (χ0n) is 20.9. The van der Waals surface area contributed by atoms with E-state index in [1.807, 2.05) is 15.9 Å². The normalized spacial score (nSPS) is 21.7. The molecule has 1 aromatic heterocycles. The highest BCUT2D eigenvalue weighted by atomic mass is 16.5. The monoisotopic (exact) mass is 520 g/mol. The highest BCUT2D eigenvalue weighted by Crippen LogP contribution is 2.27. The Hall–Kier alpha value is -4.00. The van der Waals surface area contributed by atoms with E-state index in [1.165, 1.54) is 12.1 Å². The minimum atomic E-state index is -0.675. The molecule has 3 atom stereocenters. The second kappa shape index (κ2) is 11.2. The number of nitrogens with one attached hydrogen (secondary N) is 1. The maximum atomic E-state index is 12.5. The van der Waals surface area contributed by atoms with E-state index in [0.717, 1.165) is 19.3 Å². The van der Waals surface area contributed by atoms with Gasteiger partial charge < -0.3 is 41.5 Å². The zero-order chi connectivity index (χ0) is 26.6. The van der Waals surface area contributed by atoms with Crippen molar-refractivity contribution in [2.75, 3.05) is 41.3 Å². The first kappa shape index (κ1) is 25.6. The third kappa shape index (κ3) is 6.10. The molecular formula is C26H32N8O4. The molecule has 2 saturated heterocycles. The Morgan fingerprint density at radius 3 is 2.37 bits per heavy atom. The molecule has 2 aliphatic heterocycles. The number of aliphatic hydroxyl groups is 1. The van der Waals surface area contributed by atoms with Gasteiger partial charge in [-0.25, -0.2) is 4.79 Å². The van der Waals surface area contributed by atoms with Gasteiger partial charge in [-0.05, 0) is 43.5 Å². The maximum absolute atomic E-state index is 12.5. The summed E-state index contributed by atoms with van der Waals surface area (Å²) in [5.74, 6) is 0.553. The average Bonchev–Trinajstić information content (AvgIpc) is 2.88. The summed E-state index contributed by atoms with van der Waals surface area (Å²) in [5.41, 5.74) is 12.9. The van der Waals surface area contributed by atoms with Gasteiger partial charge in [0.1, 0.15) is 17.1 Å². The van der Waals surface area contributed by atoms with Crippen LogP contribution in [0.5, 0.6) is 11.5 Å². The van der Waals surface area contributed by atoms with Crippen molar-refractivity contribution in [2.24, 2.45) is 11.5 Å². The lowest BCUT2D eigenvalue weighted by atomic mass is 10.0. The summed E-state index contributed by atoms with van der Waals surface area (Å²) >= 11 is 0. The molecule has 0 aliphatic carbocycles. The predicted molar refractivity (Wildman–Crippen MR) is 143 cm³/mol. The molecule has 12 heteroatoms. The van der Waals surface area contributed by atoms with E-state index < -0.39 is 12.1 Å². The summed E-state index contributed by atoms with van der Waals surface area (Å²) in [4.78, 5) is 30.3. The molecule has 12 nitrogen and oxygen atoms in total. The van der Waals surface area contributed by atoms with Crippen LogP contribution in [0.15, 0.2) is 48.5 Å². The van der Waals surface area contributed by atoms with Gasteiger partial charge >= 0.3 is 5.97 Å². The number of nitrogens with two attached hydrogens (primary N) is 2. The van der Waals surface area contributed by atoms with Crippen molar-refractivity contribution in [3.63, 3.8) is 0 Å². The number of β-amino-alcohol motifs (C(OH)–C–C–N with tert-alkyl or cyclic N) is 1. The number of carbonyl (C=O) groups excluding carboxylic acids is 1. The summed E-state index contributed by atoms with van der Waals surface area (Å²) in [5, 5.41) is 23.8. The number of aromatic nitrogens is 3. The minimum absolute atomic E-state index is 0.0232. The van der Waals surface area contributed by atoms with Crippen LogP contribution in [0.2, 0.25) is 0 Å². The van der Waals surface area contributed by atoms with Gasteiger partial charge in [0, 0.05) is 50.0 Å². The number of piperidine rings is 2. The number of aliphatic hydroxyl groups excluding tert-OH is 1. The number of hydrogen-bond donors (Lipinski definition) is 5. The molecule has 7 N–H and O–H groups in total. The fraction of sp³-hybridized carbons (Fsp3) is 0.385. The van der Waals surface area contributed by atoms with E-state index in [4.69, 9.17) is 16.2 Å². The van der Waals surface area contributed by atoms with Crippen LogP contribution in [-0.2, 0) is 0 Å². The Kier molecular flexibility index (Phi) is 7.54. The second-order valence-corrected chi connectivity index (χ2v) is 9.72. The molecule has 0 radical (unpaired) electrons. The van der Waals surface area contributed by atoms with Crippen LogP contribution >= 0.6 is 0 Å². The molecule has 3 heterocycles. The largest absolute Gasteiger partial charge is 0.507 e. The summed E-state index contributed by atoms with van der Waals surface area (Å²) < 4.78 is 5.33. The molecule has 38 heavy (non-hydrogen) atoms. The minimum Gasteiger partial charge on any atom is -0.507 e. The van der Waals surface area contributed by atoms with Crippen molar-refractivity contribution in [1.29, 1.82) is 0 Å². The van der Waals surface area contributed by atoms with Crippen LogP contribution in [0.4, 0.5) is 23.5 Å². The zero-order valence-corrected chi connectivity index (χ0v) is 20.9. The molecule has 0 spiro atoms. The predicted octanol–water partition coefficient (Wildman–Crippen LogP) is 1.37. The number of hydrogen-bond acceptors (Lipinski definition) is 12. The van der Waals surface area contributed by atoms with Crippen molar-refractivity contribution in [1.82, 2.24) is 15.0 Å². The lowest BCUT2D eigenvalue weighted by Gasteiger charge is -2.35. The third-order valence-corrected chi connectivity index (χ3v) is 6.52. The molecule has 3 aromatic rings. The van der Waals surface area contributed by atoms with E-state index in [9.17, 15) is 15.0 Å². The maximum Gasteiger partial charge on any atom is 0.347 e. The van der Waals surface area contributed by atoms with Crippen LogP contribution in [0.3, 0.4) is 0 Å². The van der Waals surface area contributed by atoms with E-state index in [1.54, 1.807) is 30.3 Å². The van der Waals surface area contributed by atoms with E-state index in [2.05, 4.69) is 20.3 Å². The van der Waals surface area contributed by atoms with Gasteiger partial charge in [0.15, 0.2) is 0 Å². The molecule has 0 unspecified atom stereocenters. The average molecular weight is 521 g/mol. The number of phenols is 1. The first-order chi connectivity index (χ1) is 18.3. The van der Waals surface area contributed by atoms with Crippen molar-refractivity contribution in [2.45, 2.75) is 37.5 Å². The molecule has 0 bridgehead atoms. The smallest absolute Gasteiger partial charge is 0.347 e. The first-order valence-electron chi connectivity index (χ1n) is 12.7. The fourth-order valence-corrected chi connectivity index (χ4v) is 4.73. The lowest BCUT2D eigenvalue weighted by Crippen LogP contribution is -2.53. The van der Waals surface area contributed by atoms with E-state index in [0.29, 0.717) is 49.5 Å². The Balaban J connectivity index is 1.40. The summed E-state index contributed by atoms with van der Waals surface area (Å²) in [6.45, 7) is 2.23. The number of carbonyl (C=O) groups is 1. The van der Waals surface area contributed by atoms with E-state index >= 15 is 0 Å². The van der Waals surface area contributed by atoms with Gasteiger partial charge in [-0.3, -0.25) is 0 Å². The standard InChI is InChI=1S/C26H32N8O4/c27-16-11-17(28)14-34(13-16)26-31-24(30-25(32-26)33-10-4-5-19(35)15-33)29-18-8-9-21(22(36)12-18)23(37)38-20-6-2-1-3-7-20/h1-3,6-9,12,16-17,19,35-36H,4-5,10-11,13-15,27-28H2,(H,29,30,31,32)/t16-,17+,19-/m1/s1. The van der Waals surface area contributed by atoms with Crippen LogP contribution < -0.4 is 31.3 Å². The number of phenolic OH excluding ortho intramolecular Hbond substituents is 1. The highest BCUT2D eigenvalue weighted by molar-refractivity contribution is 5.94. The third-order valence-electron chi connectivity index (χ3n) is 6.52. The van der Waals surface area contributed by atoms with E-state index in [-0.39, 0.29) is 29.3 Å². The van der Waals surface area contributed by atoms with Crippen molar-refractivity contribution in [3.8, 4) is 11.5 Å². The number of anilines is 4. The van der Waals surface area contributed by atoms with Gasteiger partial charge in [-0.15, -0.1) is 0 Å². The number of esters is 1. The number of ether oxygens (including phenoxy) is 1. The Morgan fingerprint density at radius 2 is 1.68 bits per heavy atom. The topological polar surface area (TPSA) is 176 Å². The summed E-state index contributed by atoms with van der Waals surface area (Å²) in [6, 6.07) is 12.9. The Morgan fingerprint density at radius 1 is 0.974 bits per heavy atom. The first-order valence-corrected chi connectivity index (χ1v) is 12.7. The number of nitrogens with zero attached hydrogens (tertiary/aromatic N) is 5. The van der Waals surface area contributed by atoms with Crippen LogP contribution in [0.25, 0.3) is 0 Å². The van der Waals surface area contributed by atoms with Gasteiger partial charge in [-0.2, -0.15) is 15.0 Å². The molecule has 0 saturated carbocycles. The van der Waals surface area contributed by atoms with Crippen LogP contribution in [0.1, 0.15) is 29.6 Å². The number of benzene rings is 2. The molecule has 0 amide bonds. The van der Waals surface area contributed by atoms with Gasteiger partial charge in [0.05, 0.1) is 6.10 Å². The highest BCUT2D eigenvalue weighted by Gasteiger charge is 2.27. The molecule has 2 aliphatic rings. The SMILES string of the molecule is N[C@@H]1C[C@H](N)CN(c2nc(Nc3ccc(C(=O)Oc4ccccc4)c(O)c3)nc(N3CCC[C@@H](O)C3)n2)C1. The Labute approximate surface area is 220 Å². The lowest BCUT2D eigenvalue weighted by molar-refractivity contribution is 0.0731. The number of aromatic hydroxyl groups is 1. The quantitative estimate of drug-likeness (QED) is 0.233. The molecule has 200 valence electrons. The molecular weight excluding hydrogens is 488 g/mol. The van der Waals surface area contributed by atoms with Crippen molar-refractivity contribution in [3.05, 3.63) is 54.1 Å².